The molecule has 1 atom stereocenters. The number of hydrogen-bond donors (Lipinski definition) is 0. The van der Waals surface area contributed by atoms with Gasteiger partial charge in [0.25, 0.3) is 0 Å². The van der Waals surface area contributed by atoms with Gasteiger partial charge in [-0.1, -0.05) is 13.8 Å². The van der Waals surface area contributed by atoms with E-state index in [0.29, 0.717) is 19.5 Å². The van der Waals surface area contributed by atoms with Gasteiger partial charge in [0.15, 0.2) is 0 Å². The number of carbonyl (C=O) groups is 2. The first kappa shape index (κ1) is 17.4. The number of benzene rings is 1. The molecule has 0 radical (unpaired) electrons. The molecule has 1 aliphatic heterocycles. The summed E-state index contributed by atoms with van der Waals surface area (Å²) in [5, 5.41) is 0. The summed E-state index contributed by atoms with van der Waals surface area (Å²) in [6, 6.07) is 5.46. The quantitative estimate of drug-likeness (QED) is 0.722. The van der Waals surface area contributed by atoms with Gasteiger partial charge in [0.05, 0.1) is 17.1 Å². The van der Waals surface area contributed by atoms with E-state index in [-0.39, 0.29) is 17.1 Å². The van der Waals surface area contributed by atoms with Crippen LogP contribution in [0.15, 0.2) is 29.2 Å². The zero-order valence-corrected chi connectivity index (χ0v) is 13.8. The fraction of sp³-hybridized carbons (Fsp3) is 0.467. The molecule has 0 aromatic heterocycles. The number of cyclic esters (lactones) is 1. The third-order valence-electron chi connectivity index (χ3n) is 3.57. The van der Waals surface area contributed by atoms with E-state index in [0.717, 1.165) is 0 Å². The average Bonchev–Trinajstić information content (AvgIpc) is 2.93. The Bertz CT molecular complexity index is 678. The molecule has 2 rings (SSSR count). The highest BCUT2D eigenvalue weighted by Gasteiger charge is 2.30. The lowest BCUT2D eigenvalue weighted by Crippen LogP contribution is -2.30. The molecular formula is C15H19NO6S. The van der Waals surface area contributed by atoms with E-state index < -0.39 is 28.1 Å². The maximum Gasteiger partial charge on any atom is 0.347 e. The Kier molecular flexibility index (Phi) is 5.38. The average molecular weight is 341 g/mol. The van der Waals surface area contributed by atoms with Crippen LogP contribution in [0, 0.1) is 0 Å². The Labute approximate surface area is 135 Å². The van der Waals surface area contributed by atoms with Crippen LogP contribution >= 0.6 is 0 Å². The van der Waals surface area contributed by atoms with Crippen LogP contribution in [-0.4, -0.2) is 50.5 Å². The molecule has 126 valence electrons. The van der Waals surface area contributed by atoms with Gasteiger partial charge in [-0.2, -0.15) is 4.31 Å². The Morgan fingerprint density at radius 1 is 1.26 bits per heavy atom. The lowest BCUT2D eigenvalue weighted by molar-refractivity contribution is -0.145. The van der Waals surface area contributed by atoms with Crippen LogP contribution in [0.1, 0.15) is 30.6 Å². The van der Waals surface area contributed by atoms with Gasteiger partial charge in [-0.15, -0.1) is 0 Å². The van der Waals surface area contributed by atoms with Crippen molar-refractivity contribution in [2.75, 3.05) is 19.7 Å². The SMILES string of the molecule is CCN(CC)S(=O)(=O)c1ccc(C(=O)O[C@H]2CCOC2=O)cc1. The molecule has 0 spiro atoms. The Morgan fingerprint density at radius 3 is 2.35 bits per heavy atom. The number of ether oxygens (including phenoxy) is 2. The van der Waals surface area contributed by atoms with E-state index in [1.165, 1.54) is 28.6 Å². The van der Waals surface area contributed by atoms with Crippen molar-refractivity contribution in [2.45, 2.75) is 31.3 Å². The van der Waals surface area contributed by atoms with Crippen molar-refractivity contribution >= 4 is 22.0 Å². The second-order valence-corrected chi connectivity index (χ2v) is 6.90. The lowest BCUT2D eigenvalue weighted by Gasteiger charge is -2.18. The highest BCUT2D eigenvalue weighted by Crippen LogP contribution is 2.18. The summed E-state index contributed by atoms with van der Waals surface area (Å²) in [4.78, 5) is 23.4. The highest BCUT2D eigenvalue weighted by molar-refractivity contribution is 7.89. The first-order valence-corrected chi connectivity index (χ1v) is 8.82. The standard InChI is InChI=1S/C15H19NO6S/c1-3-16(4-2)23(19,20)12-7-5-11(6-8-12)14(17)22-13-9-10-21-15(13)18/h5-8,13H,3-4,9-10H2,1-2H3/t13-/m0/s1. The lowest BCUT2D eigenvalue weighted by atomic mass is 10.2. The number of rotatable bonds is 6. The van der Waals surface area contributed by atoms with Crippen molar-refractivity contribution in [3.05, 3.63) is 29.8 Å². The second-order valence-electron chi connectivity index (χ2n) is 4.96. The molecule has 1 aromatic rings. The molecule has 1 saturated heterocycles. The van der Waals surface area contributed by atoms with Crippen LogP contribution in [0.3, 0.4) is 0 Å². The molecule has 0 bridgehead atoms. The number of sulfonamides is 1. The minimum absolute atomic E-state index is 0.109. The molecular weight excluding hydrogens is 322 g/mol. The van der Waals surface area contributed by atoms with Crippen molar-refractivity contribution in [3.63, 3.8) is 0 Å². The monoisotopic (exact) mass is 341 g/mol. The van der Waals surface area contributed by atoms with E-state index in [2.05, 4.69) is 0 Å². The number of carbonyl (C=O) groups excluding carboxylic acids is 2. The fourth-order valence-corrected chi connectivity index (χ4v) is 3.72. The molecule has 23 heavy (non-hydrogen) atoms. The number of esters is 2. The van der Waals surface area contributed by atoms with Crippen LogP contribution in [0.2, 0.25) is 0 Å². The van der Waals surface area contributed by atoms with Crippen molar-refractivity contribution in [1.29, 1.82) is 0 Å². The smallest absolute Gasteiger partial charge is 0.347 e. The predicted molar refractivity (Wildman–Crippen MR) is 81.3 cm³/mol. The van der Waals surface area contributed by atoms with E-state index in [9.17, 15) is 18.0 Å². The van der Waals surface area contributed by atoms with Crippen molar-refractivity contribution in [3.8, 4) is 0 Å². The minimum Gasteiger partial charge on any atom is -0.463 e. The summed E-state index contributed by atoms with van der Waals surface area (Å²) in [6.07, 6.45) is -0.555. The normalized spacial score (nSPS) is 18.0. The molecule has 7 nitrogen and oxygen atoms in total. The summed E-state index contributed by atoms with van der Waals surface area (Å²) in [6.45, 7) is 4.48. The summed E-state index contributed by atoms with van der Waals surface area (Å²) < 4.78 is 35.8. The van der Waals surface area contributed by atoms with Crippen LogP contribution in [0.5, 0.6) is 0 Å². The molecule has 0 saturated carbocycles. The Morgan fingerprint density at radius 2 is 1.87 bits per heavy atom. The van der Waals surface area contributed by atoms with Crippen LogP contribution < -0.4 is 0 Å². The second kappa shape index (κ2) is 7.10. The van der Waals surface area contributed by atoms with Crippen LogP contribution in [0.25, 0.3) is 0 Å². The third kappa shape index (κ3) is 3.70. The third-order valence-corrected chi connectivity index (χ3v) is 5.63. The summed E-state index contributed by atoms with van der Waals surface area (Å²) in [5.74, 6) is -1.24. The van der Waals surface area contributed by atoms with E-state index >= 15 is 0 Å². The van der Waals surface area contributed by atoms with E-state index in [4.69, 9.17) is 9.47 Å². The molecule has 0 aliphatic carbocycles. The van der Waals surface area contributed by atoms with Gasteiger partial charge < -0.3 is 9.47 Å². The largest absolute Gasteiger partial charge is 0.463 e. The van der Waals surface area contributed by atoms with Crippen molar-refractivity contribution < 1.29 is 27.5 Å². The van der Waals surface area contributed by atoms with Gasteiger partial charge in [-0.05, 0) is 24.3 Å². The van der Waals surface area contributed by atoms with Gasteiger partial charge in [0.2, 0.25) is 16.1 Å². The zero-order valence-electron chi connectivity index (χ0n) is 13.0. The first-order valence-electron chi connectivity index (χ1n) is 7.38. The molecule has 1 aromatic carbocycles. The Balaban J connectivity index is 2.13. The molecule has 1 fully saturated rings. The first-order chi connectivity index (χ1) is 10.9. The number of nitrogens with zero attached hydrogens (tertiary/aromatic N) is 1. The molecule has 8 heteroatoms. The molecule has 0 amide bonds. The van der Waals surface area contributed by atoms with Crippen LogP contribution in [0.4, 0.5) is 0 Å². The van der Waals surface area contributed by atoms with Gasteiger partial charge in [-0.25, -0.2) is 18.0 Å². The van der Waals surface area contributed by atoms with E-state index in [1.807, 2.05) is 0 Å². The summed E-state index contributed by atoms with van der Waals surface area (Å²) >= 11 is 0. The maximum atomic E-state index is 12.3. The fourth-order valence-electron chi connectivity index (χ4n) is 2.26. The number of hydrogen-bond acceptors (Lipinski definition) is 6. The van der Waals surface area contributed by atoms with Crippen LogP contribution in [-0.2, 0) is 24.3 Å². The molecule has 0 N–H and O–H groups in total. The Hall–Kier alpha value is -1.93. The predicted octanol–water partition coefficient (Wildman–Crippen LogP) is 1.19. The summed E-state index contributed by atoms with van der Waals surface area (Å²) in [5.41, 5.74) is 0.184. The topological polar surface area (TPSA) is 90.0 Å². The molecule has 1 aliphatic rings. The molecule has 1 heterocycles. The van der Waals surface area contributed by atoms with Crippen molar-refractivity contribution in [2.24, 2.45) is 0 Å². The van der Waals surface area contributed by atoms with Gasteiger partial charge >= 0.3 is 11.9 Å². The zero-order chi connectivity index (χ0) is 17.0. The minimum atomic E-state index is -3.57. The summed E-state index contributed by atoms with van der Waals surface area (Å²) in [7, 11) is -3.57. The maximum absolute atomic E-state index is 12.3. The van der Waals surface area contributed by atoms with Gasteiger partial charge in [-0.3, -0.25) is 0 Å². The van der Waals surface area contributed by atoms with E-state index in [1.54, 1.807) is 13.8 Å². The molecule has 0 unspecified atom stereocenters. The van der Waals surface area contributed by atoms with Gasteiger partial charge in [0, 0.05) is 19.5 Å². The van der Waals surface area contributed by atoms with Crippen molar-refractivity contribution in [1.82, 2.24) is 4.31 Å². The van der Waals surface area contributed by atoms with Gasteiger partial charge in [0.1, 0.15) is 0 Å². The highest BCUT2D eigenvalue weighted by atomic mass is 32.2.